The molecule has 0 aromatic carbocycles. The quantitative estimate of drug-likeness (QED) is 0.511. The lowest BCUT2D eigenvalue weighted by molar-refractivity contribution is -0.121. The number of thioether (sulfide) groups is 1. The third-order valence-electron chi connectivity index (χ3n) is 1.18. The molecule has 52 valence electrons. The van der Waals surface area contributed by atoms with Crippen LogP contribution in [0.5, 0.6) is 0 Å². The Morgan fingerprint density at radius 3 is 3.11 bits per heavy atom. The van der Waals surface area contributed by atoms with E-state index in [4.69, 9.17) is 5.11 Å². The number of carbonyl (C=O) groups excluding carboxylic acids is 1. The van der Waals surface area contributed by atoms with E-state index in [1.165, 1.54) is 11.8 Å². The molecule has 0 aliphatic carbocycles. The summed E-state index contributed by atoms with van der Waals surface area (Å²) < 4.78 is 0. The van der Waals surface area contributed by atoms with Gasteiger partial charge in [0.2, 0.25) is 5.91 Å². The van der Waals surface area contributed by atoms with Gasteiger partial charge in [-0.2, -0.15) is 0 Å². The Labute approximate surface area is 57.8 Å². The Kier molecular flexibility index (Phi) is 2.36. The number of hydrogen-bond donors (Lipinski definition) is 2. The summed E-state index contributed by atoms with van der Waals surface area (Å²) in [5.74, 6) is 0.880. The first-order valence-corrected chi connectivity index (χ1v) is 3.89. The predicted molar refractivity (Wildman–Crippen MR) is 36.3 cm³/mol. The van der Waals surface area contributed by atoms with E-state index in [0.717, 1.165) is 12.3 Å². The van der Waals surface area contributed by atoms with E-state index < -0.39 is 0 Å². The molecule has 9 heavy (non-hydrogen) atoms. The molecule has 1 heterocycles. The Balaban J connectivity index is 2.39. The number of amides is 1. The summed E-state index contributed by atoms with van der Waals surface area (Å²) in [5, 5.41) is 11.0. The summed E-state index contributed by atoms with van der Waals surface area (Å²) in [6, 6.07) is 0. The Morgan fingerprint density at radius 1 is 1.89 bits per heavy atom. The zero-order chi connectivity index (χ0) is 6.69. The zero-order valence-electron chi connectivity index (χ0n) is 4.96. The van der Waals surface area contributed by atoms with Crippen molar-refractivity contribution in [3.05, 3.63) is 0 Å². The minimum absolute atomic E-state index is 0.0336. The predicted octanol–water partition coefficient (Wildman–Crippen LogP) is -0.790. The number of aliphatic hydroxyl groups is 1. The second kappa shape index (κ2) is 3.08. The molecule has 0 aromatic heterocycles. The van der Waals surface area contributed by atoms with Gasteiger partial charge in [0.25, 0.3) is 0 Å². The highest BCUT2D eigenvalue weighted by molar-refractivity contribution is 8.00. The minimum atomic E-state index is -0.223. The van der Waals surface area contributed by atoms with Crippen molar-refractivity contribution in [2.75, 3.05) is 18.9 Å². The largest absolute Gasteiger partial charge is 0.395 e. The summed E-state index contributed by atoms with van der Waals surface area (Å²) in [7, 11) is 0. The second-order valence-corrected chi connectivity index (χ2v) is 3.14. The molecule has 0 saturated carbocycles. The molecule has 1 unspecified atom stereocenters. The molecule has 1 rings (SSSR count). The van der Waals surface area contributed by atoms with E-state index >= 15 is 0 Å². The highest BCUT2D eigenvalue weighted by atomic mass is 32.2. The molecule has 3 nitrogen and oxygen atoms in total. The van der Waals surface area contributed by atoms with Gasteiger partial charge in [0.15, 0.2) is 0 Å². The van der Waals surface area contributed by atoms with Crippen molar-refractivity contribution < 1.29 is 9.90 Å². The smallest absolute Gasteiger partial charge is 0.235 e. The van der Waals surface area contributed by atoms with Crippen molar-refractivity contribution in [1.29, 1.82) is 0 Å². The Bertz CT molecular complexity index is 118. The SMILES string of the molecule is O=C1NCCSC1CO. The van der Waals surface area contributed by atoms with E-state index in [9.17, 15) is 4.79 Å². The molecule has 0 aromatic rings. The second-order valence-electron chi connectivity index (χ2n) is 1.83. The number of hydrogen-bond acceptors (Lipinski definition) is 3. The Morgan fingerprint density at radius 2 is 2.67 bits per heavy atom. The lowest BCUT2D eigenvalue weighted by atomic mass is 10.4. The number of nitrogens with one attached hydrogen (secondary N) is 1. The highest BCUT2D eigenvalue weighted by Crippen LogP contribution is 2.12. The lowest BCUT2D eigenvalue weighted by Gasteiger charge is -2.18. The maximum absolute atomic E-state index is 10.7. The summed E-state index contributed by atoms with van der Waals surface area (Å²) in [5.41, 5.74) is 0. The van der Waals surface area contributed by atoms with Crippen LogP contribution in [0.2, 0.25) is 0 Å². The van der Waals surface area contributed by atoms with Crippen LogP contribution in [0.25, 0.3) is 0 Å². The molecule has 1 saturated heterocycles. The zero-order valence-corrected chi connectivity index (χ0v) is 5.78. The van der Waals surface area contributed by atoms with Gasteiger partial charge in [0.1, 0.15) is 5.25 Å². The van der Waals surface area contributed by atoms with Gasteiger partial charge in [-0.25, -0.2) is 0 Å². The lowest BCUT2D eigenvalue weighted by Crippen LogP contribution is -2.40. The molecule has 1 amide bonds. The molecule has 0 bridgehead atoms. The van der Waals surface area contributed by atoms with Crippen LogP contribution in [0.15, 0.2) is 0 Å². The standard InChI is InChI=1S/C5H9NO2S/c7-3-4-5(8)6-1-2-9-4/h4,7H,1-3H2,(H,6,8). The van der Waals surface area contributed by atoms with Crippen molar-refractivity contribution in [1.82, 2.24) is 5.32 Å². The van der Waals surface area contributed by atoms with Gasteiger partial charge < -0.3 is 10.4 Å². The van der Waals surface area contributed by atoms with Gasteiger partial charge >= 0.3 is 0 Å². The summed E-state index contributed by atoms with van der Waals surface area (Å²) >= 11 is 1.51. The van der Waals surface area contributed by atoms with Crippen LogP contribution in [-0.2, 0) is 4.79 Å². The topological polar surface area (TPSA) is 49.3 Å². The first kappa shape index (κ1) is 6.89. The third-order valence-corrected chi connectivity index (χ3v) is 2.38. The van der Waals surface area contributed by atoms with Gasteiger partial charge in [0, 0.05) is 12.3 Å². The summed E-state index contributed by atoms with van der Waals surface area (Å²) in [4.78, 5) is 10.7. The summed E-state index contributed by atoms with van der Waals surface area (Å²) in [6.07, 6.45) is 0. The fourth-order valence-electron chi connectivity index (χ4n) is 0.701. The maximum atomic E-state index is 10.7. The van der Waals surface area contributed by atoms with Gasteiger partial charge in [-0.1, -0.05) is 0 Å². The molecule has 1 atom stereocenters. The van der Waals surface area contributed by atoms with E-state index in [2.05, 4.69) is 5.32 Å². The molecule has 1 fully saturated rings. The molecule has 4 heteroatoms. The molecule has 1 aliphatic rings. The van der Waals surface area contributed by atoms with Crippen LogP contribution >= 0.6 is 11.8 Å². The third kappa shape index (κ3) is 1.59. The van der Waals surface area contributed by atoms with Crippen molar-refractivity contribution in [3.63, 3.8) is 0 Å². The average Bonchev–Trinajstić information content (AvgIpc) is 1.89. The molecular formula is C5H9NO2S. The minimum Gasteiger partial charge on any atom is -0.395 e. The first-order chi connectivity index (χ1) is 4.34. The van der Waals surface area contributed by atoms with Crippen LogP contribution in [0, 0.1) is 0 Å². The summed E-state index contributed by atoms with van der Waals surface area (Å²) in [6.45, 7) is 0.691. The Hall–Kier alpha value is -0.220. The van der Waals surface area contributed by atoms with Crippen molar-refractivity contribution >= 4 is 17.7 Å². The molecule has 0 spiro atoms. The van der Waals surface area contributed by atoms with Crippen LogP contribution in [0.1, 0.15) is 0 Å². The van der Waals surface area contributed by atoms with E-state index in [1.54, 1.807) is 0 Å². The van der Waals surface area contributed by atoms with Crippen molar-refractivity contribution in [3.8, 4) is 0 Å². The average molecular weight is 147 g/mol. The van der Waals surface area contributed by atoms with Crippen molar-refractivity contribution in [2.45, 2.75) is 5.25 Å². The molecule has 1 aliphatic heterocycles. The highest BCUT2D eigenvalue weighted by Gasteiger charge is 2.20. The van der Waals surface area contributed by atoms with Crippen molar-refractivity contribution in [2.24, 2.45) is 0 Å². The van der Waals surface area contributed by atoms with Crippen LogP contribution in [0.3, 0.4) is 0 Å². The van der Waals surface area contributed by atoms with E-state index in [-0.39, 0.29) is 17.8 Å². The number of rotatable bonds is 1. The van der Waals surface area contributed by atoms with Gasteiger partial charge in [-0.05, 0) is 0 Å². The van der Waals surface area contributed by atoms with Crippen LogP contribution in [0.4, 0.5) is 0 Å². The van der Waals surface area contributed by atoms with Gasteiger partial charge in [-0.15, -0.1) is 11.8 Å². The first-order valence-electron chi connectivity index (χ1n) is 2.85. The van der Waals surface area contributed by atoms with E-state index in [0.29, 0.717) is 0 Å². The normalized spacial score (nSPS) is 27.7. The van der Waals surface area contributed by atoms with Gasteiger partial charge in [-0.3, -0.25) is 4.79 Å². The number of aliphatic hydroxyl groups excluding tert-OH is 1. The van der Waals surface area contributed by atoms with Crippen LogP contribution < -0.4 is 5.32 Å². The molecule has 0 radical (unpaired) electrons. The fourth-order valence-corrected chi connectivity index (χ4v) is 1.55. The fraction of sp³-hybridized carbons (Fsp3) is 0.800. The van der Waals surface area contributed by atoms with Crippen LogP contribution in [-0.4, -0.2) is 35.2 Å². The van der Waals surface area contributed by atoms with E-state index in [1.807, 2.05) is 0 Å². The maximum Gasteiger partial charge on any atom is 0.235 e. The molecule has 2 N–H and O–H groups in total. The molecular weight excluding hydrogens is 138 g/mol. The van der Waals surface area contributed by atoms with Gasteiger partial charge in [0.05, 0.1) is 6.61 Å². The monoisotopic (exact) mass is 147 g/mol. The number of carbonyl (C=O) groups is 1.